The zero-order valence-corrected chi connectivity index (χ0v) is 13.2. The molecular formula is C17H24N2O3. The molecule has 0 spiro atoms. The van der Waals surface area contributed by atoms with Crippen LogP contribution in [0.5, 0.6) is 5.75 Å². The van der Waals surface area contributed by atoms with Crippen molar-refractivity contribution in [2.75, 3.05) is 13.7 Å². The van der Waals surface area contributed by atoms with Crippen LogP contribution in [-0.4, -0.2) is 31.9 Å². The van der Waals surface area contributed by atoms with Crippen LogP contribution in [-0.2, 0) is 9.63 Å². The molecule has 1 aromatic carbocycles. The van der Waals surface area contributed by atoms with E-state index in [9.17, 15) is 4.79 Å². The molecule has 1 aromatic rings. The fourth-order valence-corrected chi connectivity index (χ4v) is 2.74. The number of para-hydroxylation sites is 1. The lowest BCUT2D eigenvalue weighted by molar-refractivity contribution is -0.126. The summed E-state index contributed by atoms with van der Waals surface area (Å²) in [5.41, 5.74) is 0.811. The number of ether oxygens (including phenoxy) is 1. The van der Waals surface area contributed by atoms with Gasteiger partial charge in [-0.3, -0.25) is 4.79 Å². The van der Waals surface area contributed by atoms with Gasteiger partial charge in [-0.05, 0) is 30.9 Å². The molecule has 120 valence electrons. The van der Waals surface area contributed by atoms with Crippen molar-refractivity contribution in [2.45, 2.75) is 38.6 Å². The maximum Gasteiger partial charge on any atom is 0.261 e. The first-order valence-electron chi connectivity index (χ1n) is 7.78. The molecule has 0 radical (unpaired) electrons. The van der Waals surface area contributed by atoms with Gasteiger partial charge in [0.2, 0.25) is 0 Å². The highest BCUT2D eigenvalue weighted by atomic mass is 16.6. The SMILES string of the molecule is COc1ccccc1/C=N\OCC(=O)N[C@H]1CCCC[C@@H]1C. The van der Waals surface area contributed by atoms with E-state index in [2.05, 4.69) is 17.4 Å². The first kappa shape index (κ1) is 16.3. The highest BCUT2D eigenvalue weighted by molar-refractivity contribution is 5.83. The first-order chi connectivity index (χ1) is 10.7. The molecule has 1 N–H and O–H groups in total. The molecule has 0 aromatic heterocycles. The topological polar surface area (TPSA) is 59.9 Å². The number of carbonyl (C=O) groups excluding carboxylic acids is 1. The molecule has 2 rings (SSSR count). The summed E-state index contributed by atoms with van der Waals surface area (Å²) in [5.74, 6) is 1.14. The number of hydrogen-bond acceptors (Lipinski definition) is 4. The van der Waals surface area contributed by atoms with Crippen LogP contribution in [0.2, 0.25) is 0 Å². The Morgan fingerprint density at radius 1 is 1.36 bits per heavy atom. The summed E-state index contributed by atoms with van der Waals surface area (Å²) in [6.45, 7) is 2.12. The summed E-state index contributed by atoms with van der Waals surface area (Å²) in [7, 11) is 1.60. The summed E-state index contributed by atoms with van der Waals surface area (Å²) >= 11 is 0. The number of amides is 1. The van der Waals surface area contributed by atoms with Crippen LogP contribution in [0.15, 0.2) is 29.4 Å². The van der Waals surface area contributed by atoms with E-state index in [1.165, 1.54) is 19.3 Å². The van der Waals surface area contributed by atoms with E-state index >= 15 is 0 Å². The number of oxime groups is 1. The minimum absolute atomic E-state index is 0.0606. The third kappa shape index (κ3) is 4.76. The number of rotatable bonds is 6. The Bertz CT molecular complexity index is 516. The van der Waals surface area contributed by atoms with E-state index in [0.717, 1.165) is 17.7 Å². The molecule has 1 aliphatic rings. The molecular weight excluding hydrogens is 280 g/mol. The Balaban J connectivity index is 1.75. The van der Waals surface area contributed by atoms with E-state index in [4.69, 9.17) is 9.57 Å². The van der Waals surface area contributed by atoms with Crippen molar-refractivity contribution in [3.63, 3.8) is 0 Å². The van der Waals surface area contributed by atoms with Crippen molar-refractivity contribution >= 4 is 12.1 Å². The lowest BCUT2D eigenvalue weighted by Crippen LogP contribution is -2.42. The van der Waals surface area contributed by atoms with Crippen molar-refractivity contribution in [2.24, 2.45) is 11.1 Å². The Morgan fingerprint density at radius 2 is 2.14 bits per heavy atom. The molecule has 1 amide bonds. The van der Waals surface area contributed by atoms with Gasteiger partial charge in [0, 0.05) is 11.6 Å². The van der Waals surface area contributed by atoms with E-state index in [0.29, 0.717) is 5.92 Å². The van der Waals surface area contributed by atoms with E-state index in [1.807, 2.05) is 24.3 Å². The lowest BCUT2D eigenvalue weighted by atomic mass is 9.86. The Labute approximate surface area is 131 Å². The maximum absolute atomic E-state index is 11.9. The van der Waals surface area contributed by atoms with Gasteiger partial charge in [-0.1, -0.05) is 37.1 Å². The van der Waals surface area contributed by atoms with Gasteiger partial charge in [-0.2, -0.15) is 0 Å². The van der Waals surface area contributed by atoms with Crippen molar-refractivity contribution < 1.29 is 14.4 Å². The predicted molar refractivity (Wildman–Crippen MR) is 86.1 cm³/mol. The van der Waals surface area contributed by atoms with Gasteiger partial charge in [-0.25, -0.2) is 0 Å². The third-order valence-corrected chi connectivity index (χ3v) is 4.06. The monoisotopic (exact) mass is 304 g/mol. The zero-order valence-electron chi connectivity index (χ0n) is 13.2. The minimum Gasteiger partial charge on any atom is -0.496 e. The minimum atomic E-state index is -0.115. The van der Waals surface area contributed by atoms with Gasteiger partial charge in [0.15, 0.2) is 6.61 Å². The van der Waals surface area contributed by atoms with E-state index in [-0.39, 0.29) is 18.6 Å². The summed E-state index contributed by atoms with van der Waals surface area (Å²) in [5, 5.41) is 6.86. The van der Waals surface area contributed by atoms with Crippen LogP contribution in [0.1, 0.15) is 38.2 Å². The number of nitrogens with zero attached hydrogens (tertiary/aromatic N) is 1. The number of methoxy groups -OCH3 is 1. The number of hydrogen-bond donors (Lipinski definition) is 1. The summed E-state index contributed by atoms with van der Waals surface area (Å²) in [6.07, 6.45) is 6.22. The molecule has 1 saturated carbocycles. The van der Waals surface area contributed by atoms with Crippen LogP contribution in [0.4, 0.5) is 0 Å². The Morgan fingerprint density at radius 3 is 2.91 bits per heavy atom. The van der Waals surface area contributed by atoms with Crippen molar-refractivity contribution in [1.29, 1.82) is 0 Å². The average Bonchev–Trinajstić information content (AvgIpc) is 2.54. The van der Waals surface area contributed by atoms with Crippen LogP contribution < -0.4 is 10.1 Å². The van der Waals surface area contributed by atoms with Gasteiger partial charge >= 0.3 is 0 Å². The second kappa shape index (κ2) is 8.41. The molecule has 0 bridgehead atoms. The van der Waals surface area contributed by atoms with E-state index < -0.39 is 0 Å². The van der Waals surface area contributed by atoms with Crippen molar-refractivity contribution in [1.82, 2.24) is 5.32 Å². The van der Waals surface area contributed by atoms with E-state index in [1.54, 1.807) is 13.3 Å². The Kier molecular flexibility index (Phi) is 6.25. The first-order valence-corrected chi connectivity index (χ1v) is 7.78. The third-order valence-electron chi connectivity index (χ3n) is 4.06. The fourth-order valence-electron chi connectivity index (χ4n) is 2.74. The second-order valence-corrected chi connectivity index (χ2v) is 5.69. The largest absolute Gasteiger partial charge is 0.496 e. The van der Waals surface area contributed by atoms with Gasteiger partial charge < -0.3 is 14.9 Å². The molecule has 0 saturated heterocycles. The Hall–Kier alpha value is -2.04. The summed E-state index contributed by atoms with van der Waals surface area (Å²) in [6, 6.07) is 7.76. The highest BCUT2D eigenvalue weighted by Crippen LogP contribution is 2.23. The second-order valence-electron chi connectivity index (χ2n) is 5.69. The molecule has 1 aliphatic carbocycles. The van der Waals surface area contributed by atoms with Crippen molar-refractivity contribution in [3.8, 4) is 5.75 Å². The smallest absolute Gasteiger partial charge is 0.261 e. The lowest BCUT2D eigenvalue weighted by Gasteiger charge is -2.29. The molecule has 22 heavy (non-hydrogen) atoms. The standard InChI is InChI=1S/C17H24N2O3/c1-13-7-3-5-9-15(13)19-17(20)12-22-18-11-14-8-4-6-10-16(14)21-2/h4,6,8,10-11,13,15H,3,5,7,9,12H2,1-2H3,(H,19,20)/b18-11-/t13-,15-/m0/s1. The van der Waals surface area contributed by atoms with Gasteiger partial charge in [-0.15, -0.1) is 0 Å². The van der Waals surface area contributed by atoms with Gasteiger partial charge in [0.25, 0.3) is 5.91 Å². The van der Waals surface area contributed by atoms with Gasteiger partial charge in [0.1, 0.15) is 5.75 Å². The molecule has 2 atom stereocenters. The van der Waals surface area contributed by atoms with Gasteiger partial charge in [0.05, 0.1) is 13.3 Å². The van der Waals surface area contributed by atoms with Crippen LogP contribution in [0.3, 0.4) is 0 Å². The maximum atomic E-state index is 11.9. The van der Waals surface area contributed by atoms with Crippen LogP contribution >= 0.6 is 0 Å². The highest BCUT2D eigenvalue weighted by Gasteiger charge is 2.22. The quantitative estimate of drug-likeness (QED) is 0.649. The number of carbonyl (C=O) groups is 1. The molecule has 5 heteroatoms. The van der Waals surface area contributed by atoms with Crippen LogP contribution in [0.25, 0.3) is 0 Å². The predicted octanol–water partition coefficient (Wildman–Crippen LogP) is 2.74. The molecule has 5 nitrogen and oxygen atoms in total. The molecule has 0 heterocycles. The zero-order chi connectivity index (χ0) is 15.8. The fraction of sp³-hybridized carbons (Fsp3) is 0.529. The normalized spacial score (nSPS) is 21.5. The molecule has 1 fully saturated rings. The van der Waals surface area contributed by atoms with Crippen molar-refractivity contribution in [3.05, 3.63) is 29.8 Å². The number of benzene rings is 1. The number of nitrogens with one attached hydrogen (secondary N) is 1. The summed E-state index contributed by atoms with van der Waals surface area (Å²) in [4.78, 5) is 16.9. The molecule has 0 unspecified atom stereocenters. The molecule has 0 aliphatic heterocycles. The summed E-state index contributed by atoms with van der Waals surface area (Å²) < 4.78 is 5.21. The van der Waals surface area contributed by atoms with Crippen LogP contribution in [0, 0.1) is 5.92 Å². The average molecular weight is 304 g/mol.